The molecule has 1 unspecified atom stereocenters. The Balaban J connectivity index is 1.55. The Hall–Kier alpha value is -2.66. The minimum Gasteiger partial charge on any atom is -0.349 e. The number of amides is 2. The maximum atomic E-state index is 12.5. The fourth-order valence-electron chi connectivity index (χ4n) is 3.18. The van der Waals surface area contributed by atoms with Gasteiger partial charge in [0, 0.05) is 11.6 Å². The molecule has 0 heterocycles. The molecular formula is C23H30N3O2+. The molecule has 1 saturated carbocycles. The van der Waals surface area contributed by atoms with Crippen molar-refractivity contribution in [1.82, 2.24) is 5.32 Å². The summed E-state index contributed by atoms with van der Waals surface area (Å²) in [6, 6.07) is 16.0. The average Bonchev–Trinajstić information content (AvgIpc) is 3.46. The lowest BCUT2D eigenvalue weighted by molar-refractivity contribution is -0.885. The van der Waals surface area contributed by atoms with Crippen molar-refractivity contribution >= 4 is 17.5 Å². The fourth-order valence-corrected chi connectivity index (χ4v) is 3.18. The van der Waals surface area contributed by atoms with E-state index in [1.807, 2.05) is 19.2 Å². The highest BCUT2D eigenvalue weighted by Crippen LogP contribution is 2.21. The number of quaternary nitrogens is 1. The van der Waals surface area contributed by atoms with Crippen LogP contribution in [0.15, 0.2) is 48.5 Å². The van der Waals surface area contributed by atoms with Crippen molar-refractivity contribution in [3.63, 3.8) is 0 Å². The van der Waals surface area contributed by atoms with Gasteiger partial charge < -0.3 is 15.5 Å². The molecule has 28 heavy (non-hydrogen) atoms. The number of benzene rings is 2. The van der Waals surface area contributed by atoms with Gasteiger partial charge in [0.25, 0.3) is 11.8 Å². The topological polar surface area (TPSA) is 62.6 Å². The Morgan fingerprint density at radius 1 is 1.07 bits per heavy atom. The molecule has 5 heteroatoms. The molecule has 1 atom stereocenters. The molecule has 1 fully saturated rings. The summed E-state index contributed by atoms with van der Waals surface area (Å²) in [5.74, 6) is 0.300. The smallest absolute Gasteiger partial charge is 0.279 e. The Bertz CT molecular complexity index is 826. The van der Waals surface area contributed by atoms with E-state index in [0.29, 0.717) is 23.7 Å². The summed E-state index contributed by atoms with van der Waals surface area (Å²) in [7, 11) is 2.00. The monoisotopic (exact) mass is 380 g/mol. The molecule has 0 spiro atoms. The lowest BCUT2D eigenvalue weighted by atomic mass is 10.0. The summed E-state index contributed by atoms with van der Waals surface area (Å²) in [5, 5.41) is 5.88. The van der Waals surface area contributed by atoms with Gasteiger partial charge in [-0.15, -0.1) is 0 Å². The van der Waals surface area contributed by atoms with E-state index in [1.54, 1.807) is 12.1 Å². The van der Waals surface area contributed by atoms with Crippen molar-refractivity contribution in [3.05, 3.63) is 65.2 Å². The van der Waals surface area contributed by atoms with Gasteiger partial charge in [0.1, 0.15) is 6.54 Å². The van der Waals surface area contributed by atoms with E-state index < -0.39 is 0 Å². The van der Waals surface area contributed by atoms with Crippen molar-refractivity contribution < 1.29 is 14.5 Å². The van der Waals surface area contributed by atoms with E-state index in [4.69, 9.17) is 0 Å². The summed E-state index contributed by atoms with van der Waals surface area (Å²) in [6.45, 7) is 5.47. The van der Waals surface area contributed by atoms with Crippen LogP contribution >= 0.6 is 0 Å². The molecule has 0 aromatic heterocycles. The van der Waals surface area contributed by atoms with Crippen LogP contribution in [-0.2, 0) is 11.3 Å². The van der Waals surface area contributed by atoms with Crippen molar-refractivity contribution in [3.8, 4) is 0 Å². The second kappa shape index (κ2) is 9.02. The van der Waals surface area contributed by atoms with Gasteiger partial charge >= 0.3 is 0 Å². The largest absolute Gasteiger partial charge is 0.349 e. The van der Waals surface area contributed by atoms with Crippen LogP contribution < -0.4 is 15.5 Å². The predicted molar refractivity (Wildman–Crippen MR) is 112 cm³/mol. The molecule has 3 rings (SSSR count). The number of rotatable bonds is 8. The number of carbonyl (C=O) groups excluding carboxylic acids is 2. The third kappa shape index (κ3) is 5.67. The zero-order valence-corrected chi connectivity index (χ0v) is 16.9. The van der Waals surface area contributed by atoms with Gasteiger partial charge in [-0.25, -0.2) is 0 Å². The Labute approximate surface area is 167 Å². The van der Waals surface area contributed by atoms with E-state index in [0.717, 1.165) is 24.3 Å². The molecule has 2 aromatic rings. The molecule has 1 aliphatic carbocycles. The van der Waals surface area contributed by atoms with E-state index in [2.05, 4.69) is 48.7 Å². The number of hydrogen-bond donors (Lipinski definition) is 3. The molecule has 3 N–H and O–H groups in total. The number of para-hydroxylation sites is 1. The average molecular weight is 381 g/mol. The number of anilines is 1. The molecular weight excluding hydrogens is 350 g/mol. The van der Waals surface area contributed by atoms with Gasteiger partial charge in [-0.1, -0.05) is 50.2 Å². The Morgan fingerprint density at radius 2 is 1.75 bits per heavy atom. The highest BCUT2D eigenvalue weighted by atomic mass is 16.2. The first-order valence-electron chi connectivity index (χ1n) is 10.0. The van der Waals surface area contributed by atoms with E-state index in [9.17, 15) is 9.59 Å². The first-order valence-corrected chi connectivity index (χ1v) is 10.0. The quantitative estimate of drug-likeness (QED) is 0.658. The summed E-state index contributed by atoms with van der Waals surface area (Å²) >= 11 is 0. The van der Waals surface area contributed by atoms with Crippen LogP contribution in [0.4, 0.5) is 5.69 Å². The molecule has 148 valence electrons. The van der Waals surface area contributed by atoms with E-state index >= 15 is 0 Å². The van der Waals surface area contributed by atoms with Gasteiger partial charge in [-0.05, 0) is 36.5 Å². The van der Waals surface area contributed by atoms with Crippen LogP contribution in [0.25, 0.3) is 0 Å². The van der Waals surface area contributed by atoms with Gasteiger partial charge in [-0.2, -0.15) is 0 Å². The van der Waals surface area contributed by atoms with Crippen molar-refractivity contribution in [2.75, 3.05) is 18.9 Å². The molecule has 1 aliphatic rings. The summed E-state index contributed by atoms with van der Waals surface area (Å²) in [6.07, 6.45) is 2.07. The normalized spacial score (nSPS) is 14.6. The second-order valence-electron chi connectivity index (χ2n) is 8.05. The number of likely N-dealkylation sites (N-methyl/N-ethyl adjacent to an activating group) is 1. The first kappa shape index (κ1) is 20.1. The molecule has 0 aliphatic heterocycles. The van der Waals surface area contributed by atoms with E-state index in [1.165, 1.54) is 11.1 Å². The van der Waals surface area contributed by atoms with Crippen LogP contribution in [0.2, 0.25) is 0 Å². The SMILES string of the molecule is CC(C)c1ccc(C[NH+](C)CC(=O)Nc2ccccc2C(=O)NC2CC2)cc1. The van der Waals surface area contributed by atoms with Crippen molar-refractivity contribution in [2.45, 2.75) is 45.2 Å². The molecule has 2 amide bonds. The molecule has 2 aromatic carbocycles. The van der Waals surface area contributed by atoms with Gasteiger partial charge in [-0.3, -0.25) is 9.59 Å². The zero-order chi connectivity index (χ0) is 20.1. The fraction of sp³-hybridized carbons (Fsp3) is 0.391. The van der Waals surface area contributed by atoms with E-state index in [-0.39, 0.29) is 17.9 Å². The van der Waals surface area contributed by atoms with Crippen LogP contribution in [0, 0.1) is 0 Å². The molecule has 0 saturated heterocycles. The Morgan fingerprint density at radius 3 is 2.39 bits per heavy atom. The van der Waals surface area contributed by atoms with Gasteiger partial charge in [0.05, 0.1) is 18.3 Å². The van der Waals surface area contributed by atoms with Crippen molar-refractivity contribution in [1.29, 1.82) is 0 Å². The molecule has 0 radical (unpaired) electrons. The first-order chi connectivity index (χ1) is 13.4. The van der Waals surface area contributed by atoms with Crippen LogP contribution in [-0.4, -0.2) is 31.4 Å². The van der Waals surface area contributed by atoms with Crippen LogP contribution in [0.5, 0.6) is 0 Å². The molecule has 5 nitrogen and oxygen atoms in total. The summed E-state index contributed by atoms with van der Waals surface area (Å²) < 4.78 is 0. The van der Waals surface area contributed by atoms with Crippen molar-refractivity contribution in [2.24, 2.45) is 0 Å². The lowest BCUT2D eigenvalue weighted by Gasteiger charge is -2.16. The van der Waals surface area contributed by atoms with Gasteiger partial charge in [0.15, 0.2) is 6.54 Å². The summed E-state index contributed by atoms with van der Waals surface area (Å²) in [4.78, 5) is 26.0. The van der Waals surface area contributed by atoms with Crippen LogP contribution in [0.3, 0.4) is 0 Å². The standard InChI is InChI=1S/C23H29N3O2/c1-16(2)18-10-8-17(9-11-18)14-26(3)15-22(27)25-21-7-5-4-6-20(21)23(28)24-19-12-13-19/h4-11,16,19H,12-15H2,1-3H3,(H,24,28)(H,25,27)/p+1. The minimum atomic E-state index is -0.121. The predicted octanol–water partition coefficient (Wildman–Crippen LogP) is 2.36. The zero-order valence-electron chi connectivity index (χ0n) is 16.9. The highest BCUT2D eigenvalue weighted by molar-refractivity contribution is 6.04. The highest BCUT2D eigenvalue weighted by Gasteiger charge is 2.25. The maximum Gasteiger partial charge on any atom is 0.279 e. The lowest BCUT2D eigenvalue weighted by Crippen LogP contribution is -3.08. The molecule has 0 bridgehead atoms. The summed E-state index contributed by atoms with van der Waals surface area (Å²) in [5.41, 5.74) is 3.61. The maximum absolute atomic E-state index is 12.5. The Kier molecular flexibility index (Phi) is 6.47. The van der Waals surface area contributed by atoms with Crippen LogP contribution in [0.1, 0.15) is 54.1 Å². The third-order valence-electron chi connectivity index (χ3n) is 4.97. The number of hydrogen-bond acceptors (Lipinski definition) is 2. The minimum absolute atomic E-state index is 0.0945. The second-order valence-corrected chi connectivity index (χ2v) is 8.05. The number of nitrogens with one attached hydrogen (secondary N) is 3. The third-order valence-corrected chi connectivity index (χ3v) is 4.97. The van der Waals surface area contributed by atoms with Gasteiger partial charge in [0.2, 0.25) is 0 Å². The number of carbonyl (C=O) groups is 2.